The largest absolute Gasteiger partial charge is 0.455 e. The summed E-state index contributed by atoms with van der Waals surface area (Å²) < 4.78 is 6.36. The van der Waals surface area contributed by atoms with Gasteiger partial charge in [0.25, 0.3) is 0 Å². The molecule has 0 radical (unpaired) electrons. The molecule has 4 aromatic rings. The molecule has 1 unspecified atom stereocenters. The second kappa shape index (κ2) is 9.97. The minimum atomic E-state index is -0.227. The summed E-state index contributed by atoms with van der Waals surface area (Å²) in [5.74, 6) is 0.434. The molecule has 1 aromatic heterocycles. The molecule has 6 heteroatoms. The number of carbonyl (C=O) groups is 1. The van der Waals surface area contributed by atoms with E-state index in [1.165, 1.54) is 6.07 Å². The first-order valence-corrected chi connectivity index (χ1v) is 11.6. The highest BCUT2D eigenvalue weighted by Gasteiger charge is 2.18. The van der Waals surface area contributed by atoms with Crippen molar-refractivity contribution in [3.63, 3.8) is 0 Å². The molecule has 0 aliphatic carbocycles. The molecule has 0 aliphatic rings. The molecule has 0 aliphatic heterocycles. The molecular formula is C29H29N3O3. The molecule has 178 valence electrons. The molecule has 0 bridgehead atoms. The van der Waals surface area contributed by atoms with Crippen LogP contribution in [0, 0.1) is 6.92 Å². The fraction of sp³-hybridized carbons (Fsp3) is 0.207. The predicted molar refractivity (Wildman–Crippen MR) is 144 cm³/mol. The van der Waals surface area contributed by atoms with Gasteiger partial charge >= 0.3 is 0 Å². The number of hydrogen-bond acceptors (Lipinski definition) is 6. The van der Waals surface area contributed by atoms with E-state index in [0.717, 1.165) is 27.9 Å². The molecule has 0 amide bonds. The average molecular weight is 468 g/mol. The van der Waals surface area contributed by atoms with Gasteiger partial charge in [-0.3, -0.25) is 14.6 Å². The second-order valence-electron chi connectivity index (χ2n) is 8.65. The number of aliphatic imine (C=N–C) groups is 1. The first kappa shape index (κ1) is 24.0. The number of aryl methyl sites for hydroxylation is 1. The lowest BCUT2D eigenvalue weighted by Gasteiger charge is -2.19. The summed E-state index contributed by atoms with van der Waals surface area (Å²) in [5, 5.41) is 3.94. The van der Waals surface area contributed by atoms with E-state index in [9.17, 15) is 9.59 Å². The van der Waals surface area contributed by atoms with E-state index in [4.69, 9.17) is 10.2 Å². The standard InChI is InChI=1S/C29H29N3O3/c1-5-31-16-21-14-20(10-11-25(21)30)28-15-27(34)24-13-17(2)12-23(29(24)35-28)18(3)32-26-9-7-6-8-22(26)19(4)33/h6-16,18,32H,5,30H2,1-4H3. The van der Waals surface area contributed by atoms with Crippen LogP contribution < -0.4 is 16.5 Å². The fourth-order valence-electron chi connectivity index (χ4n) is 4.15. The van der Waals surface area contributed by atoms with Crippen molar-refractivity contribution in [2.75, 3.05) is 17.6 Å². The van der Waals surface area contributed by atoms with Gasteiger partial charge in [0.2, 0.25) is 0 Å². The van der Waals surface area contributed by atoms with Gasteiger partial charge in [-0.2, -0.15) is 0 Å². The first-order chi connectivity index (χ1) is 16.8. The molecule has 6 nitrogen and oxygen atoms in total. The van der Waals surface area contributed by atoms with Crippen LogP contribution in [0.15, 0.2) is 74.9 Å². The number of benzene rings is 3. The normalized spacial score (nSPS) is 12.2. The quantitative estimate of drug-likeness (QED) is 0.193. The number of nitrogens with two attached hydrogens (primary N) is 1. The van der Waals surface area contributed by atoms with Gasteiger partial charge < -0.3 is 15.5 Å². The summed E-state index contributed by atoms with van der Waals surface area (Å²) in [6, 6.07) is 18.0. The fourth-order valence-corrected chi connectivity index (χ4v) is 4.15. The van der Waals surface area contributed by atoms with Crippen LogP contribution in [0.25, 0.3) is 22.3 Å². The Morgan fingerprint density at radius 1 is 1.14 bits per heavy atom. The zero-order valence-corrected chi connectivity index (χ0v) is 20.4. The third-order valence-electron chi connectivity index (χ3n) is 5.93. The van der Waals surface area contributed by atoms with Crippen molar-refractivity contribution < 1.29 is 9.21 Å². The average Bonchev–Trinajstić information content (AvgIpc) is 2.83. The first-order valence-electron chi connectivity index (χ1n) is 11.6. The SMILES string of the molecule is CCN=Cc1cc(-c2cc(=O)c3cc(C)cc(C(C)Nc4ccccc4C(C)=O)c3o2)ccc1N. The van der Waals surface area contributed by atoms with Gasteiger partial charge in [-0.1, -0.05) is 18.2 Å². The number of nitrogens with one attached hydrogen (secondary N) is 1. The maximum atomic E-state index is 13.1. The van der Waals surface area contributed by atoms with Crippen LogP contribution in [0.2, 0.25) is 0 Å². The van der Waals surface area contributed by atoms with Crippen molar-refractivity contribution >= 4 is 34.3 Å². The van der Waals surface area contributed by atoms with E-state index in [1.54, 1.807) is 25.3 Å². The van der Waals surface area contributed by atoms with Crippen molar-refractivity contribution in [1.82, 2.24) is 0 Å². The summed E-state index contributed by atoms with van der Waals surface area (Å²) in [6.07, 6.45) is 1.73. The smallest absolute Gasteiger partial charge is 0.193 e. The van der Waals surface area contributed by atoms with Crippen molar-refractivity contribution in [2.24, 2.45) is 4.99 Å². The number of nitrogens with zero attached hydrogens (tertiary/aromatic N) is 1. The summed E-state index contributed by atoms with van der Waals surface area (Å²) in [7, 11) is 0. The van der Waals surface area contributed by atoms with Crippen molar-refractivity contribution in [2.45, 2.75) is 33.7 Å². The molecule has 1 heterocycles. The summed E-state index contributed by atoms with van der Waals surface area (Å²) in [4.78, 5) is 29.5. The Hall–Kier alpha value is -4.19. The van der Waals surface area contributed by atoms with E-state index in [1.807, 2.05) is 63.2 Å². The molecule has 0 saturated heterocycles. The zero-order valence-electron chi connectivity index (χ0n) is 20.4. The van der Waals surface area contributed by atoms with Gasteiger partial charge in [-0.05, 0) is 69.7 Å². The predicted octanol–water partition coefficient (Wildman–Crippen LogP) is 6.17. The third kappa shape index (κ3) is 5.01. The zero-order chi connectivity index (χ0) is 25.1. The Kier molecular flexibility index (Phi) is 6.82. The van der Waals surface area contributed by atoms with Gasteiger partial charge in [0.1, 0.15) is 11.3 Å². The van der Waals surface area contributed by atoms with E-state index in [0.29, 0.717) is 34.5 Å². The van der Waals surface area contributed by atoms with Gasteiger partial charge in [0.15, 0.2) is 11.2 Å². The van der Waals surface area contributed by atoms with E-state index in [2.05, 4.69) is 10.3 Å². The number of ketones is 1. The monoisotopic (exact) mass is 467 g/mol. The minimum Gasteiger partial charge on any atom is -0.455 e. The van der Waals surface area contributed by atoms with E-state index < -0.39 is 0 Å². The van der Waals surface area contributed by atoms with Crippen molar-refractivity contribution in [3.05, 3.63) is 93.1 Å². The van der Waals surface area contributed by atoms with Crippen LogP contribution in [-0.4, -0.2) is 18.5 Å². The molecule has 1 atom stereocenters. The van der Waals surface area contributed by atoms with Gasteiger partial charge in [-0.25, -0.2) is 0 Å². The van der Waals surface area contributed by atoms with Crippen LogP contribution in [0.4, 0.5) is 11.4 Å². The molecule has 4 rings (SSSR count). The maximum absolute atomic E-state index is 13.1. The molecule has 0 saturated carbocycles. The lowest BCUT2D eigenvalue weighted by atomic mass is 9.99. The molecular weight excluding hydrogens is 438 g/mol. The Balaban J connectivity index is 1.84. The highest BCUT2D eigenvalue weighted by atomic mass is 16.3. The van der Waals surface area contributed by atoms with Gasteiger partial charge in [0.05, 0.1) is 11.4 Å². The number of Topliss-reactive ketones (excluding diaryl/α,β-unsaturated/α-hetero) is 1. The molecule has 0 fully saturated rings. The van der Waals surface area contributed by atoms with Crippen LogP contribution >= 0.6 is 0 Å². The van der Waals surface area contributed by atoms with Crippen LogP contribution in [-0.2, 0) is 0 Å². The van der Waals surface area contributed by atoms with Crippen molar-refractivity contribution in [3.8, 4) is 11.3 Å². The molecule has 0 spiro atoms. The number of para-hydroxylation sites is 1. The van der Waals surface area contributed by atoms with E-state index >= 15 is 0 Å². The Bertz CT molecular complexity index is 1500. The highest BCUT2D eigenvalue weighted by molar-refractivity contribution is 5.99. The van der Waals surface area contributed by atoms with Crippen LogP contribution in [0.3, 0.4) is 0 Å². The Morgan fingerprint density at radius 2 is 1.91 bits per heavy atom. The number of hydrogen-bond donors (Lipinski definition) is 2. The van der Waals surface area contributed by atoms with Gasteiger partial charge in [0, 0.05) is 52.5 Å². The molecule has 3 aromatic carbocycles. The molecule has 35 heavy (non-hydrogen) atoms. The third-order valence-corrected chi connectivity index (χ3v) is 5.93. The molecule has 3 N–H and O–H groups in total. The number of carbonyl (C=O) groups excluding carboxylic acids is 1. The van der Waals surface area contributed by atoms with Crippen LogP contribution in [0.5, 0.6) is 0 Å². The number of fused-ring (bicyclic) bond motifs is 1. The Labute approximate surface area is 204 Å². The number of anilines is 2. The lowest BCUT2D eigenvalue weighted by molar-refractivity contribution is 0.101. The summed E-state index contributed by atoms with van der Waals surface area (Å²) in [6.45, 7) is 8.08. The topological polar surface area (TPSA) is 97.7 Å². The van der Waals surface area contributed by atoms with E-state index in [-0.39, 0.29) is 17.3 Å². The minimum absolute atomic E-state index is 0.0195. The van der Waals surface area contributed by atoms with Gasteiger partial charge in [-0.15, -0.1) is 0 Å². The second-order valence-corrected chi connectivity index (χ2v) is 8.65. The maximum Gasteiger partial charge on any atom is 0.193 e. The summed E-state index contributed by atoms with van der Waals surface area (Å²) in [5.41, 5.74) is 11.7. The van der Waals surface area contributed by atoms with Crippen LogP contribution in [0.1, 0.15) is 53.9 Å². The Morgan fingerprint density at radius 3 is 2.66 bits per heavy atom. The number of rotatable bonds is 7. The summed E-state index contributed by atoms with van der Waals surface area (Å²) >= 11 is 0. The lowest BCUT2D eigenvalue weighted by Crippen LogP contribution is -2.12. The number of nitrogen functional groups attached to an aromatic ring is 1. The van der Waals surface area contributed by atoms with Crippen molar-refractivity contribution in [1.29, 1.82) is 0 Å². The highest BCUT2D eigenvalue weighted by Crippen LogP contribution is 2.32.